The second-order valence-corrected chi connectivity index (χ2v) is 5.46. The van der Waals surface area contributed by atoms with Crippen LogP contribution < -0.4 is 5.73 Å². The summed E-state index contributed by atoms with van der Waals surface area (Å²) in [6, 6.07) is 8.48. The van der Waals surface area contributed by atoms with Crippen LogP contribution in [-0.4, -0.2) is 36.2 Å². The Labute approximate surface area is 111 Å². The molecular weight excluding hydrogens is 280 g/mol. The summed E-state index contributed by atoms with van der Waals surface area (Å²) in [5, 5.41) is 9.20. The van der Waals surface area contributed by atoms with E-state index >= 15 is 0 Å². The van der Waals surface area contributed by atoms with Gasteiger partial charge < -0.3 is 10.8 Å². The molecule has 94 valence electrons. The molecule has 1 aromatic carbocycles. The molecule has 4 heteroatoms. The molecule has 0 radical (unpaired) electrons. The van der Waals surface area contributed by atoms with Gasteiger partial charge in [0.1, 0.15) is 0 Å². The van der Waals surface area contributed by atoms with E-state index in [-0.39, 0.29) is 12.6 Å². The van der Waals surface area contributed by atoms with E-state index in [1.54, 1.807) is 0 Å². The van der Waals surface area contributed by atoms with E-state index in [4.69, 9.17) is 5.73 Å². The van der Waals surface area contributed by atoms with Gasteiger partial charge in [-0.25, -0.2) is 0 Å². The third-order valence-electron chi connectivity index (χ3n) is 3.50. The van der Waals surface area contributed by atoms with Crippen LogP contribution in [0.1, 0.15) is 18.0 Å². The lowest BCUT2D eigenvalue weighted by molar-refractivity contribution is 0.200. The minimum absolute atomic E-state index is 0.252. The minimum atomic E-state index is 0.252. The molecule has 0 amide bonds. The molecule has 1 saturated heterocycles. The number of halogens is 1. The van der Waals surface area contributed by atoms with Gasteiger partial charge in [-0.3, -0.25) is 4.90 Å². The highest BCUT2D eigenvalue weighted by atomic mass is 79.9. The lowest BCUT2D eigenvalue weighted by atomic mass is 10.1. The molecule has 0 bridgehead atoms. The van der Waals surface area contributed by atoms with E-state index < -0.39 is 0 Å². The number of rotatable bonds is 4. The Bertz CT molecular complexity index is 372. The maximum atomic E-state index is 9.20. The van der Waals surface area contributed by atoms with Crippen molar-refractivity contribution in [1.82, 2.24) is 4.90 Å². The number of nitrogens with zero attached hydrogens (tertiary/aromatic N) is 1. The van der Waals surface area contributed by atoms with Crippen molar-refractivity contribution in [3.05, 3.63) is 34.3 Å². The highest BCUT2D eigenvalue weighted by Crippen LogP contribution is 2.30. The Kier molecular flexibility index (Phi) is 4.56. The third kappa shape index (κ3) is 2.88. The topological polar surface area (TPSA) is 49.5 Å². The van der Waals surface area contributed by atoms with Gasteiger partial charge in [0.2, 0.25) is 0 Å². The van der Waals surface area contributed by atoms with E-state index in [2.05, 4.69) is 33.0 Å². The molecule has 0 aromatic heterocycles. The molecule has 1 aliphatic rings. The zero-order valence-corrected chi connectivity index (χ0v) is 11.4. The van der Waals surface area contributed by atoms with Crippen molar-refractivity contribution < 1.29 is 5.11 Å². The second-order valence-electron chi connectivity index (χ2n) is 4.61. The highest BCUT2D eigenvalue weighted by Gasteiger charge is 2.28. The predicted molar refractivity (Wildman–Crippen MR) is 72.7 cm³/mol. The van der Waals surface area contributed by atoms with E-state index in [1.807, 2.05) is 12.1 Å². The second kappa shape index (κ2) is 5.96. The highest BCUT2D eigenvalue weighted by molar-refractivity contribution is 9.10. The van der Waals surface area contributed by atoms with E-state index in [0.717, 1.165) is 24.0 Å². The predicted octanol–water partition coefficient (Wildman–Crippen LogP) is 1.76. The van der Waals surface area contributed by atoms with Crippen molar-refractivity contribution in [2.24, 2.45) is 11.7 Å². The summed E-state index contributed by atoms with van der Waals surface area (Å²) in [6.07, 6.45) is 1.07. The number of hydrogen-bond donors (Lipinski definition) is 2. The number of benzene rings is 1. The van der Waals surface area contributed by atoms with Crippen LogP contribution in [-0.2, 0) is 0 Å². The molecular formula is C13H19BrN2O. The molecule has 0 spiro atoms. The van der Waals surface area contributed by atoms with Gasteiger partial charge in [-0.1, -0.05) is 34.1 Å². The van der Waals surface area contributed by atoms with E-state index in [1.165, 1.54) is 5.56 Å². The van der Waals surface area contributed by atoms with Crippen LogP contribution in [0.5, 0.6) is 0 Å². The Morgan fingerprint density at radius 2 is 2.24 bits per heavy atom. The molecule has 2 rings (SSSR count). The summed E-state index contributed by atoms with van der Waals surface area (Å²) in [7, 11) is 0. The van der Waals surface area contributed by atoms with Gasteiger partial charge in [-0.2, -0.15) is 0 Å². The fraction of sp³-hybridized carbons (Fsp3) is 0.538. The first-order chi connectivity index (χ1) is 8.26. The smallest absolute Gasteiger partial charge is 0.0481 e. The van der Waals surface area contributed by atoms with Gasteiger partial charge in [-0.05, 0) is 30.5 Å². The fourth-order valence-electron chi connectivity index (χ4n) is 2.51. The molecule has 3 nitrogen and oxygen atoms in total. The summed E-state index contributed by atoms with van der Waals surface area (Å²) in [4.78, 5) is 2.38. The van der Waals surface area contributed by atoms with Crippen molar-refractivity contribution in [2.75, 3.05) is 26.2 Å². The Morgan fingerprint density at radius 3 is 2.82 bits per heavy atom. The average Bonchev–Trinajstić information content (AvgIpc) is 2.81. The van der Waals surface area contributed by atoms with Crippen molar-refractivity contribution in [3.8, 4) is 0 Å². The van der Waals surface area contributed by atoms with E-state index in [0.29, 0.717) is 12.5 Å². The number of nitrogens with two attached hydrogens (primary N) is 1. The third-order valence-corrected chi connectivity index (χ3v) is 4.23. The fourth-order valence-corrected chi connectivity index (χ4v) is 3.06. The molecule has 0 aliphatic carbocycles. The number of aliphatic hydroxyl groups is 1. The molecule has 17 heavy (non-hydrogen) atoms. The Morgan fingerprint density at radius 1 is 1.47 bits per heavy atom. The van der Waals surface area contributed by atoms with Crippen LogP contribution >= 0.6 is 15.9 Å². The van der Waals surface area contributed by atoms with Crippen molar-refractivity contribution in [3.63, 3.8) is 0 Å². The van der Waals surface area contributed by atoms with Gasteiger partial charge in [0.25, 0.3) is 0 Å². The standard InChI is InChI=1S/C13H19BrN2O/c14-12-4-2-1-3-11(12)13(7-15)16-6-5-10(8-16)9-17/h1-4,10,13,17H,5-9,15H2. The largest absolute Gasteiger partial charge is 0.396 e. The Balaban J connectivity index is 2.15. The monoisotopic (exact) mass is 298 g/mol. The Hall–Kier alpha value is -0.420. The molecule has 2 atom stereocenters. The SMILES string of the molecule is NCC(c1ccccc1Br)N1CCC(CO)C1. The van der Waals surface area contributed by atoms with Gasteiger partial charge in [0.05, 0.1) is 0 Å². The van der Waals surface area contributed by atoms with Crippen LogP contribution in [0.2, 0.25) is 0 Å². The first-order valence-electron chi connectivity index (χ1n) is 6.05. The maximum Gasteiger partial charge on any atom is 0.0481 e. The summed E-state index contributed by atoms with van der Waals surface area (Å²) < 4.78 is 1.11. The van der Waals surface area contributed by atoms with Gasteiger partial charge in [0.15, 0.2) is 0 Å². The lowest BCUT2D eigenvalue weighted by Crippen LogP contribution is -2.32. The number of aliphatic hydroxyl groups excluding tert-OH is 1. The molecule has 1 fully saturated rings. The first-order valence-corrected chi connectivity index (χ1v) is 6.85. The van der Waals surface area contributed by atoms with Gasteiger partial charge in [0, 0.05) is 30.2 Å². The van der Waals surface area contributed by atoms with Crippen LogP contribution in [0.4, 0.5) is 0 Å². The normalized spacial score (nSPS) is 22.9. The zero-order valence-electron chi connectivity index (χ0n) is 9.85. The summed E-state index contributed by atoms with van der Waals surface area (Å²) in [6.45, 7) is 2.86. The van der Waals surface area contributed by atoms with Crippen molar-refractivity contribution in [1.29, 1.82) is 0 Å². The molecule has 3 N–H and O–H groups in total. The first kappa shape index (κ1) is 13.0. The molecule has 0 saturated carbocycles. The van der Waals surface area contributed by atoms with E-state index in [9.17, 15) is 5.11 Å². The summed E-state index contributed by atoms with van der Waals surface area (Å²) >= 11 is 3.59. The van der Waals surface area contributed by atoms with Crippen LogP contribution in [0.3, 0.4) is 0 Å². The van der Waals surface area contributed by atoms with Crippen molar-refractivity contribution >= 4 is 15.9 Å². The molecule has 1 aromatic rings. The van der Waals surface area contributed by atoms with Crippen LogP contribution in [0.25, 0.3) is 0 Å². The maximum absolute atomic E-state index is 9.20. The number of hydrogen-bond acceptors (Lipinski definition) is 3. The summed E-state index contributed by atoms with van der Waals surface area (Å²) in [5.41, 5.74) is 7.16. The summed E-state index contributed by atoms with van der Waals surface area (Å²) in [5.74, 6) is 0.409. The minimum Gasteiger partial charge on any atom is -0.396 e. The molecule has 2 unspecified atom stereocenters. The van der Waals surface area contributed by atoms with Crippen molar-refractivity contribution in [2.45, 2.75) is 12.5 Å². The molecule has 1 aliphatic heterocycles. The number of likely N-dealkylation sites (tertiary alicyclic amines) is 1. The lowest BCUT2D eigenvalue weighted by Gasteiger charge is -2.27. The average molecular weight is 299 g/mol. The van der Waals surface area contributed by atoms with Crippen LogP contribution in [0, 0.1) is 5.92 Å². The molecule has 1 heterocycles. The van der Waals surface area contributed by atoms with Gasteiger partial charge in [-0.15, -0.1) is 0 Å². The van der Waals surface area contributed by atoms with Gasteiger partial charge >= 0.3 is 0 Å². The van der Waals surface area contributed by atoms with Crippen LogP contribution in [0.15, 0.2) is 28.7 Å². The quantitative estimate of drug-likeness (QED) is 0.891. The zero-order chi connectivity index (χ0) is 12.3.